The van der Waals surface area contributed by atoms with Crippen molar-refractivity contribution in [2.24, 2.45) is 0 Å². The van der Waals surface area contributed by atoms with Crippen LogP contribution in [0.3, 0.4) is 0 Å². The Hall–Kier alpha value is -1.90. The van der Waals surface area contributed by atoms with Crippen molar-refractivity contribution in [3.63, 3.8) is 0 Å². The zero-order chi connectivity index (χ0) is 19.8. The zero-order valence-corrected chi connectivity index (χ0v) is 17.0. The van der Waals surface area contributed by atoms with E-state index in [0.29, 0.717) is 29.6 Å². The molecule has 0 bridgehead atoms. The Labute approximate surface area is 163 Å². The van der Waals surface area contributed by atoms with Gasteiger partial charge in [-0.2, -0.15) is 4.31 Å². The number of benzene rings is 1. The van der Waals surface area contributed by atoms with Gasteiger partial charge in [0.25, 0.3) is 0 Å². The number of rotatable bonds is 4. The lowest BCUT2D eigenvalue weighted by atomic mass is 9.98. The minimum absolute atomic E-state index is 0.0482. The lowest BCUT2D eigenvalue weighted by Crippen LogP contribution is -2.51. The summed E-state index contributed by atoms with van der Waals surface area (Å²) >= 11 is 5.83. The van der Waals surface area contributed by atoms with E-state index in [0.717, 1.165) is 5.56 Å². The monoisotopic (exact) mass is 411 g/mol. The number of carbonyl (C=O) groups is 1. The molecule has 2 heterocycles. The van der Waals surface area contributed by atoms with Gasteiger partial charge in [0.2, 0.25) is 15.9 Å². The van der Waals surface area contributed by atoms with Crippen LogP contribution in [-0.4, -0.2) is 54.9 Å². The third-order valence-corrected chi connectivity index (χ3v) is 7.06. The lowest BCUT2D eigenvalue weighted by Gasteiger charge is -2.35. The van der Waals surface area contributed by atoms with Crippen molar-refractivity contribution >= 4 is 27.5 Å². The van der Waals surface area contributed by atoms with E-state index in [-0.39, 0.29) is 29.8 Å². The van der Waals surface area contributed by atoms with Crippen molar-refractivity contribution in [2.45, 2.75) is 31.6 Å². The first kappa shape index (κ1) is 19.9. The van der Waals surface area contributed by atoms with Crippen LogP contribution in [0.5, 0.6) is 0 Å². The van der Waals surface area contributed by atoms with Crippen LogP contribution in [-0.2, 0) is 14.8 Å². The number of aromatic nitrogens is 1. The first-order valence-electron chi connectivity index (χ1n) is 8.69. The maximum atomic E-state index is 12.8. The number of piperazine rings is 1. The Morgan fingerprint density at radius 2 is 1.74 bits per heavy atom. The Morgan fingerprint density at radius 3 is 2.26 bits per heavy atom. The lowest BCUT2D eigenvalue weighted by molar-refractivity contribution is -0.133. The summed E-state index contributed by atoms with van der Waals surface area (Å²) in [5.41, 5.74) is 1.51. The highest BCUT2D eigenvalue weighted by atomic mass is 35.5. The number of carbonyl (C=O) groups excluding carboxylic acids is 1. The number of hydrogen-bond donors (Lipinski definition) is 0. The molecule has 27 heavy (non-hydrogen) atoms. The fraction of sp³-hybridized carbons (Fsp3) is 0.444. The number of nitrogens with zero attached hydrogens (tertiary/aromatic N) is 3. The third-order valence-electron chi connectivity index (χ3n) is 4.89. The second-order valence-corrected chi connectivity index (χ2v) is 9.02. The van der Waals surface area contributed by atoms with Crippen molar-refractivity contribution in [1.82, 2.24) is 14.4 Å². The van der Waals surface area contributed by atoms with Crippen molar-refractivity contribution < 1.29 is 17.7 Å². The fourth-order valence-corrected chi connectivity index (χ4v) is 4.96. The van der Waals surface area contributed by atoms with Crippen molar-refractivity contribution in [1.29, 1.82) is 0 Å². The third kappa shape index (κ3) is 3.88. The van der Waals surface area contributed by atoms with E-state index < -0.39 is 10.0 Å². The minimum Gasteiger partial charge on any atom is -0.361 e. The molecule has 1 fully saturated rings. The Morgan fingerprint density at radius 1 is 1.15 bits per heavy atom. The smallest absolute Gasteiger partial charge is 0.243 e. The summed E-state index contributed by atoms with van der Waals surface area (Å²) in [5, 5.41) is 4.39. The molecule has 3 rings (SSSR count). The number of sulfonamides is 1. The highest BCUT2D eigenvalue weighted by Crippen LogP contribution is 2.26. The van der Waals surface area contributed by atoms with E-state index in [1.165, 1.54) is 16.4 Å². The Kier molecular flexibility index (Phi) is 5.60. The highest BCUT2D eigenvalue weighted by molar-refractivity contribution is 7.89. The molecule has 0 saturated carbocycles. The van der Waals surface area contributed by atoms with Crippen LogP contribution < -0.4 is 0 Å². The standard InChI is InChI=1S/C18H22ClN3O4S/c1-12(17-13(2)20-26-14(17)3)18(23)21-8-10-22(11-9-21)27(24,25)16-6-4-15(19)5-7-16/h4-7,12H,8-11H2,1-3H3. The first-order chi connectivity index (χ1) is 12.7. The molecule has 0 radical (unpaired) electrons. The Bertz CT molecular complexity index is 913. The number of amides is 1. The summed E-state index contributed by atoms with van der Waals surface area (Å²) in [6.45, 7) is 6.63. The van der Waals surface area contributed by atoms with Gasteiger partial charge in [0, 0.05) is 36.8 Å². The molecule has 1 saturated heterocycles. The van der Waals surface area contributed by atoms with Gasteiger partial charge in [0.15, 0.2) is 0 Å². The van der Waals surface area contributed by atoms with Gasteiger partial charge in [-0.15, -0.1) is 0 Å². The van der Waals surface area contributed by atoms with Crippen molar-refractivity contribution in [3.05, 3.63) is 46.3 Å². The molecule has 146 valence electrons. The van der Waals surface area contributed by atoms with Gasteiger partial charge in [-0.1, -0.05) is 16.8 Å². The normalized spacial score (nSPS) is 17.1. The van der Waals surface area contributed by atoms with Crippen molar-refractivity contribution in [2.75, 3.05) is 26.2 Å². The predicted molar refractivity (Wildman–Crippen MR) is 101 cm³/mol. The Balaban J connectivity index is 1.68. The van der Waals surface area contributed by atoms with Gasteiger partial charge in [-0.05, 0) is 45.0 Å². The van der Waals surface area contributed by atoms with Gasteiger partial charge in [-0.3, -0.25) is 4.79 Å². The zero-order valence-electron chi connectivity index (χ0n) is 15.5. The molecule has 0 N–H and O–H groups in total. The maximum absolute atomic E-state index is 12.8. The predicted octanol–water partition coefficient (Wildman–Crippen LogP) is 2.58. The summed E-state index contributed by atoms with van der Waals surface area (Å²) in [6, 6.07) is 6.10. The number of halogens is 1. The van der Waals surface area contributed by atoms with E-state index in [4.69, 9.17) is 16.1 Å². The van der Waals surface area contributed by atoms with Crippen molar-refractivity contribution in [3.8, 4) is 0 Å². The molecule has 7 nitrogen and oxygen atoms in total. The molecule has 1 aromatic heterocycles. The summed E-state index contributed by atoms with van der Waals surface area (Å²) in [5.74, 6) is 0.209. The van der Waals surface area contributed by atoms with E-state index in [1.807, 2.05) is 13.8 Å². The summed E-state index contributed by atoms with van der Waals surface area (Å²) in [7, 11) is -3.59. The first-order valence-corrected chi connectivity index (χ1v) is 10.5. The van der Waals surface area contributed by atoms with Gasteiger partial charge < -0.3 is 9.42 Å². The molecule has 1 unspecified atom stereocenters. The maximum Gasteiger partial charge on any atom is 0.243 e. The quantitative estimate of drug-likeness (QED) is 0.772. The molecule has 1 aliphatic rings. The second kappa shape index (κ2) is 7.61. The molecule has 1 atom stereocenters. The number of hydrogen-bond acceptors (Lipinski definition) is 5. The van der Waals surface area contributed by atoms with Crippen LogP contribution in [0.25, 0.3) is 0 Å². The molecule has 1 amide bonds. The largest absolute Gasteiger partial charge is 0.361 e. The fourth-order valence-electron chi connectivity index (χ4n) is 3.41. The highest BCUT2D eigenvalue weighted by Gasteiger charge is 2.33. The second-order valence-electron chi connectivity index (χ2n) is 6.64. The van der Waals surface area contributed by atoms with E-state index in [9.17, 15) is 13.2 Å². The molecular formula is C18H22ClN3O4S. The molecule has 0 spiro atoms. The molecule has 1 aromatic carbocycles. The average molecular weight is 412 g/mol. The van der Waals surface area contributed by atoms with E-state index in [2.05, 4.69) is 5.16 Å². The summed E-state index contributed by atoms with van der Waals surface area (Å²) < 4.78 is 32.0. The van der Waals surface area contributed by atoms with Crippen LogP contribution in [0.1, 0.15) is 29.9 Å². The van der Waals surface area contributed by atoms with E-state index in [1.54, 1.807) is 24.0 Å². The number of aryl methyl sites for hydroxylation is 2. The van der Waals surface area contributed by atoms with Crippen LogP contribution >= 0.6 is 11.6 Å². The molecule has 1 aliphatic heterocycles. The topological polar surface area (TPSA) is 83.7 Å². The molecule has 2 aromatic rings. The van der Waals surface area contributed by atoms with E-state index >= 15 is 0 Å². The van der Waals surface area contributed by atoms with Gasteiger partial charge in [0.1, 0.15) is 5.76 Å². The summed E-state index contributed by atoms with van der Waals surface area (Å²) in [4.78, 5) is 14.7. The SMILES string of the molecule is Cc1noc(C)c1C(C)C(=O)N1CCN(S(=O)(=O)c2ccc(Cl)cc2)CC1. The van der Waals surface area contributed by atoms with Crippen LogP contribution in [0.4, 0.5) is 0 Å². The molecule has 9 heteroatoms. The van der Waals surface area contributed by atoms with Crippen LogP contribution in [0, 0.1) is 13.8 Å². The molecule has 0 aliphatic carbocycles. The van der Waals surface area contributed by atoms with Crippen LogP contribution in [0.2, 0.25) is 5.02 Å². The molecular weight excluding hydrogens is 390 g/mol. The average Bonchev–Trinajstić information content (AvgIpc) is 2.99. The van der Waals surface area contributed by atoms with Gasteiger partial charge in [-0.25, -0.2) is 8.42 Å². The summed E-state index contributed by atoms with van der Waals surface area (Å²) in [6.07, 6.45) is 0. The van der Waals surface area contributed by atoms with Crippen LogP contribution in [0.15, 0.2) is 33.7 Å². The van der Waals surface area contributed by atoms with Gasteiger partial charge >= 0.3 is 0 Å². The van der Waals surface area contributed by atoms with Gasteiger partial charge in [0.05, 0.1) is 16.5 Å². The minimum atomic E-state index is -3.59.